The lowest BCUT2D eigenvalue weighted by molar-refractivity contribution is 0.131. The van der Waals surface area contributed by atoms with E-state index in [1.807, 2.05) is 34.6 Å². The summed E-state index contributed by atoms with van der Waals surface area (Å²) in [5.74, 6) is 0.669. The summed E-state index contributed by atoms with van der Waals surface area (Å²) in [6.45, 7) is 9.82. The third kappa shape index (κ3) is 3.21. The zero-order valence-electron chi connectivity index (χ0n) is 13.9. The monoisotopic (exact) mass is 310 g/mol. The maximum Gasteiger partial charge on any atom is 0.318 e. The fourth-order valence-corrected chi connectivity index (χ4v) is 2.82. The number of nitrogens with zero attached hydrogens (tertiary/aromatic N) is 5. The number of aliphatic hydroxyl groups excluding tert-OH is 1. The highest BCUT2D eigenvalue weighted by atomic mass is 16.3. The first-order valence-corrected chi connectivity index (χ1v) is 7.74. The Hall–Kier alpha value is -1.70. The summed E-state index contributed by atoms with van der Waals surface area (Å²) in [4.78, 5) is 14.2. The molecular formula is C14H26N6O2. The molecule has 0 radical (unpaired) electrons. The Kier molecular flexibility index (Phi) is 4.69. The van der Waals surface area contributed by atoms with Gasteiger partial charge in [-0.2, -0.15) is 0 Å². The number of aromatic nitrogens is 4. The highest BCUT2D eigenvalue weighted by Crippen LogP contribution is 2.36. The lowest BCUT2D eigenvalue weighted by Crippen LogP contribution is -2.48. The van der Waals surface area contributed by atoms with Gasteiger partial charge in [0.15, 0.2) is 5.82 Å². The summed E-state index contributed by atoms with van der Waals surface area (Å²) in [7, 11) is 0. The molecule has 1 saturated heterocycles. The molecule has 8 nitrogen and oxygen atoms in total. The number of rotatable bonds is 3. The Balaban J connectivity index is 2.33. The molecule has 22 heavy (non-hydrogen) atoms. The molecule has 0 saturated carbocycles. The zero-order valence-corrected chi connectivity index (χ0v) is 13.9. The van der Waals surface area contributed by atoms with Gasteiger partial charge in [0.2, 0.25) is 0 Å². The van der Waals surface area contributed by atoms with Crippen molar-refractivity contribution in [3.63, 3.8) is 0 Å². The average molecular weight is 310 g/mol. The second kappa shape index (κ2) is 6.20. The maximum atomic E-state index is 12.5. The van der Waals surface area contributed by atoms with E-state index < -0.39 is 0 Å². The third-order valence-corrected chi connectivity index (χ3v) is 3.79. The minimum absolute atomic E-state index is 0.0340. The van der Waals surface area contributed by atoms with Crippen LogP contribution in [0.5, 0.6) is 0 Å². The number of aliphatic hydroxyl groups is 1. The number of carbonyl (C=O) groups is 1. The molecule has 0 aromatic carbocycles. The van der Waals surface area contributed by atoms with Crippen molar-refractivity contribution in [2.24, 2.45) is 0 Å². The van der Waals surface area contributed by atoms with E-state index in [1.165, 1.54) is 0 Å². The van der Waals surface area contributed by atoms with E-state index in [4.69, 9.17) is 0 Å². The molecule has 2 atom stereocenters. The topological polar surface area (TPSA) is 96.2 Å². The molecule has 0 unspecified atom stereocenters. The van der Waals surface area contributed by atoms with E-state index in [2.05, 4.69) is 20.8 Å². The fraction of sp³-hybridized carbons (Fsp3) is 0.857. The normalized spacial score (nSPS) is 22.4. The van der Waals surface area contributed by atoms with Crippen molar-refractivity contribution in [3.05, 3.63) is 5.82 Å². The minimum atomic E-state index is -0.268. The first kappa shape index (κ1) is 16.7. The Labute approximate surface area is 130 Å². The number of hydrogen-bond donors (Lipinski definition) is 2. The molecule has 0 bridgehead atoms. The van der Waals surface area contributed by atoms with Crippen molar-refractivity contribution in [3.8, 4) is 0 Å². The van der Waals surface area contributed by atoms with E-state index in [1.54, 1.807) is 9.58 Å². The number of carbonyl (C=O) groups excluding carboxylic acids is 1. The SMILES string of the molecule is CC(C)NC(=O)N1[C@H](CO)CC[C@H]1c1nnnn1C(C)(C)C. The Bertz CT molecular complexity index is 522. The van der Waals surface area contributed by atoms with Crippen LogP contribution in [0.2, 0.25) is 0 Å². The summed E-state index contributed by atoms with van der Waals surface area (Å²) in [6, 6.07) is -0.564. The van der Waals surface area contributed by atoms with Crippen LogP contribution >= 0.6 is 0 Å². The van der Waals surface area contributed by atoms with Gasteiger partial charge in [0.25, 0.3) is 0 Å². The quantitative estimate of drug-likeness (QED) is 0.869. The van der Waals surface area contributed by atoms with Crippen molar-refractivity contribution < 1.29 is 9.90 Å². The minimum Gasteiger partial charge on any atom is -0.394 e. The van der Waals surface area contributed by atoms with Crippen LogP contribution < -0.4 is 5.32 Å². The van der Waals surface area contributed by atoms with E-state index in [0.717, 1.165) is 12.8 Å². The third-order valence-electron chi connectivity index (χ3n) is 3.79. The van der Waals surface area contributed by atoms with Gasteiger partial charge in [0.1, 0.15) is 0 Å². The molecule has 0 spiro atoms. The highest BCUT2D eigenvalue weighted by Gasteiger charge is 2.41. The van der Waals surface area contributed by atoms with Gasteiger partial charge in [0, 0.05) is 6.04 Å². The number of urea groups is 1. The number of tetrazole rings is 1. The molecule has 1 aromatic rings. The number of hydrogen-bond acceptors (Lipinski definition) is 5. The van der Waals surface area contributed by atoms with Crippen LogP contribution in [0.25, 0.3) is 0 Å². The molecule has 2 N–H and O–H groups in total. The van der Waals surface area contributed by atoms with Crippen LogP contribution in [0.1, 0.15) is 59.3 Å². The van der Waals surface area contributed by atoms with Crippen molar-refractivity contribution in [2.75, 3.05) is 6.61 Å². The van der Waals surface area contributed by atoms with Crippen LogP contribution in [0, 0.1) is 0 Å². The van der Waals surface area contributed by atoms with Crippen LogP contribution in [0.15, 0.2) is 0 Å². The van der Waals surface area contributed by atoms with Crippen LogP contribution in [0.3, 0.4) is 0 Å². The zero-order chi connectivity index (χ0) is 16.5. The number of nitrogens with one attached hydrogen (secondary N) is 1. The van der Waals surface area contributed by atoms with Gasteiger partial charge in [-0.15, -0.1) is 5.10 Å². The molecule has 1 aliphatic heterocycles. The molecule has 2 amide bonds. The predicted octanol–water partition coefficient (Wildman–Crippen LogP) is 1.04. The summed E-state index contributed by atoms with van der Waals surface area (Å²) in [5.41, 5.74) is -0.268. The number of likely N-dealkylation sites (tertiary alicyclic amines) is 1. The van der Waals surface area contributed by atoms with Crippen molar-refractivity contribution in [1.29, 1.82) is 0 Å². The molecule has 1 aliphatic rings. The summed E-state index contributed by atoms with van der Waals surface area (Å²) in [6.07, 6.45) is 1.48. The lowest BCUT2D eigenvalue weighted by Gasteiger charge is -2.31. The highest BCUT2D eigenvalue weighted by molar-refractivity contribution is 5.75. The lowest BCUT2D eigenvalue weighted by atomic mass is 10.1. The Morgan fingerprint density at radius 3 is 2.64 bits per heavy atom. The van der Waals surface area contributed by atoms with Gasteiger partial charge < -0.3 is 15.3 Å². The van der Waals surface area contributed by atoms with E-state index in [0.29, 0.717) is 5.82 Å². The van der Waals surface area contributed by atoms with E-state index in [9.17, 15) is 9.90 Å². The fourth-order valence-electron chi connectivity index (χ4n) is 2.82. The first-order valence-electron chi connectivity index (χ1n) is 7.74. The van der Waals surface area contributed by atoms with Gasteiger partial charge in [-0.25, -0.2) is 9.48 Å². The molecule has 0 aliphatic carbocycles. The van der Waals surface area contributed by atoms with Crippen molar-refractivity contribution in [2.45, 2.75) is 71.1 Å². The van der Waals surface area contributed by atoms with Crippen LogP contribution in [0.4, 0.5) is 4.79 Å². The summed E-state index contributed by atoms with van der Waals surface area (Å²) < 4.78 is 1.76. The van der Waals surface area contributed by atoms with Gasteiger partial charge >= 0.3 is 6.03 Å². The van der Waals surface area contributed by atoms with Crippen molar-refractivity contribution >= 4 is 6.03 Å². The standard InChI is InChI=1S/C14H26N6O2/c1-9(2)15-13(22)19-10(8-21)6-7-11(19)12-16-17-18-20(12)14(3,4)5/h9-11,21H,6-8H2,1-5H3,(H,15,22)/t10-,11-/m0/s1. The predicted molar refractivity (Wildman–Crippen MR) is 81.2 cm³/mol. The van der Waals surface area contributed by atoms with Crippen LogP contribution in [-0.4, -0.2) is 54.9 Å². The van der Waals surface area contributed by atoms with Gasteiger partial charge in [-0.05, 0) is 57.9 Å². The van der Waals surface area contributed by atoms with Gasteiger partial charge in [-0.3, -0.25) is 0 Å². The molecule has 2 rings (SSSR count). The van der Waals surface area contributed by atoms with E-state index >= 15 is 0 Å². The van der Waals surface area contributed by atoms with Crippen molar-refractivity contribution in [1.82, 2.24) is 30.4 Å². The maximum absolute atomic E-state index is 12.5. The smallest absolute Gasteiger partial charge is 0.318 e. The molecule has 2 heterocycles. The first-order chi connectivity index (χ1) is 10.3. The molecule has 8 heteroatoms. The van der Waals surface area contributed by atoms with Crippen LogP contribution in [-0.2, 0) is 5.54 Å². The van der Waals surface area contributed by atoms with E-state index in [-0.39, 0.29) is 36.3 Å². The molecule has 1 fully saturated rings. The number of amides is 2. The average Bonchev–Trinajstić information content (AvgIpc) is 3.02. The largest absolute Gasteiger partial charge is 0.394 e. The van der Waals surface area contributed by atoms with Gasteiger partial charge in [0.05, 0.1) is 24.2 Å². The molecular weight excluding hydrogens is 284 g/mol. The second-order valence-electron chi connectivity index (χ2n) is 7.06. The Morgan fingerprint density at radius 1 is 1.41 bits per heavy atom. The summed E-state index contributed by atoms with van der Waals surface area (Å²) >= 11 is 0. The van der Waals surface area contributed by atoms with Gasteiger partial charge in [-0.1, -0.05) is 0 Å². The molecule has 124 valence electrons. The summed E-state index contributed by atoms with van der Waals surface area (Å²) in [5, 5.41) is 24.5. The second-order valence-corrected chi connectivity index (χ2v) is 7.06. The Morgan fingerprint density at radius 2 is 2.09 bits per heavy atom. The molecule has 1 aromatic heterocycles.